The van der Waals surface area contributed by atoms with Gasteiger partial charge >= 0.3 is 11.9 Å². The summed E-state index contributed by atoms with van der Waals surface area (Å²) in [6.45, 7) is 0.391. The zero-order valence-electron chi connectivity index (χ0n) is 18.5. The molecule has 8 heteroatoms. The van der Waals surface area contributed by atoms with Crippen LogP contribution in [0.3, 0.4) is 0 Å². The van der Waals surface area contributed by atoms with Crippen LogP contribution in [0.25, 0.3) is 0 Å². The summed E-state index contributed by atoms with van der Waals surface area (Å²) in [5.41, 5.74) is 0. The maximum atomic E-state index is 11.7. The summed E-state index contributed by atoms with van der Waals surface area (Å²) in [6.07, 6.45) is 3.21. The molecule has 0 unspecified atom stereocenters. The minimum absolute atomic E-state index is 0.138. The molecule has 0 bridgehead atoms. The molecule has 0 aliphatic heterocycles. The van der Waals surface area contributed by atoms with Crippen molar-refractivity contribution in [3.63, 3.8) is 0 Å². The molecule has 0 aromatic heterocycles. The second-order valence-electron chi connectivity index (χ2n) is 6.78. The van der Waals surface area contributed by atoms with Gasteiger partial charge in [0.1, 0.15) is 23.0 Å². The Balaban J connectivity index is 1.42. The summed E-state index contributed by atoms with van der Waals surface area (Å²) < 4.78 is 31.1. The molecule has 0 radical (unpaired) electrons. The van der Waals surface area contributed by atoms with E-state index in [1.165, 1.54) is 0 Å². The average molecular weight is 446 g/mol. The van der Waals surface area contributed by atoms with Gasteiger partial charge < -0.3 is 28.4 Å². The van der Waals surface area contributed by atoms with Gasteiger partial charge in [-0.15, -0.1) is 0 Å². The number of benzene rings is 2. The van der Waals surface area contributed by atoms with Gasteiger partial charge in [-0.2, -0.15) is 0 Å². The molecule has 0 heterocycles. The van der Waals surface area contributed by atoms with Crippen molar-refractivity contribution in [2.45, 2.75) is 25.7 Å². The Hall–Kier alpha value is -3.42. The van der Waals surface area contributed by atoms with E-state index in [4.69, 9.17) is 28.4 Å². The molecule has 0 N–H and O–H groups in total. The van der Waals surface area contributed by atoms with Crippen molar-refractivity contribution in [1.82, 2.24) is 0 Å². The lowest BCUT2D eigenvalue weighted by Crippen LogP contribution is -2.16. The third-order valence-corrected chi connectivity index (χ3v) is 4.40. The Bertz CT molecular complexity index is 732. The van der Waals surface area contributed by atoms with Crippen molar-refractivity contribution in [1.29, 1.82) is 0 Å². The fourth-order valence-corrected chi connectivity index (χ4v) is 2.64. The maximum absolute atomic E-state index is 11.7. The van der Waals surface area contributed by atoms with Crippen molar-refractivity contribution in [2.24, 2.45) is 0 Å². The highest BCUT2D eigenvalue weighted by Gasteiger charge is 2.06. The number of ether oxygens (including phenoxy) is 6. The summed E-state index contributed by atoms with van der Waals surface area (Å²) in [6, 6.07) is 13.9. The van der Waals surface area contributed by atoms with Crippen LogP contribution in [-0.2, 0) is 19.1 Å². The molecule has 2 aromatic rings. The Kier molecular flexibility index (Phi) is 11.3. The first kappa shape index (κ1) is 24.8. The first-order valence-electron chi connectivity index (χ1n) is 10.5. The number of unbranched alkanes of at least 4 members (excludes halogenated alkanes) is 3. The summed E-state index contributed by atoms with van der Waals surface area (Å²) in [4.78, 5) is 23.4. The van der Waals surface area contributed by atoms with Crippen LogP contribution in [0.15, 0.2) is 48.5 Å². The highest BCUT2D eigenvalue weighted by atomic mass is 16.6. The Morgan fingerprint density at radius 2 is 0.906 bits per heavy atom. The van der Waals surface area contributed by atoms with Gasteiger partial charge in [-0.1, -0.05) is 0 Å². The molecule has 2 aromatic carbocycles. The van der Waals surface area contributed by atoms with Gasteiger partial charge in [0.05, 0.1) is 27.4 Å². The van der Waals surface area contributed by atoms with E-state index in [1.54, 1.807) is 62.8 Å². The lowest BCUT2D eigenvalue weighted by molar-refractivity contribution is -0.147. The van der Waals surface area contributed by atoms with Gasteiger partial charge in [-0.3, -0.25) is 0 Å². The van der Waals surface area contributed by atoms with Crippen molar-refractivity contribution in [3.8, 4) is 23.0 Å². The molecule has 0 saturated carbocycles. The average Bonchev–Trinajstić information content (AvgIpc) is 2.83. The fraction of sp³-hybridized carbons (Fsp3) is 0.417. The van der Waals surface area contributed by atoms with Crippen LogP contribution >= 0.6 is 0 Å². The van der Waals surface area contributed by atoms with Crippen molar-refractivity contribution in [2.75, 3.05) is 40.6 Å². The quantitative estimate of drug-likeness (QED) is 0.301. The molecule has 0 spiro atoms. The number of carbonyl (C=O) groups is 2. The molecular weight excluding hydrogens is 416 g/mol. The minimum Gasteiger partial charge on any atom is -0.497 e. The normalized spacial score (nSPS) is 10.2. The van der Waals surface area contributed by atoms with Crippen LogP contribution in [0.4, 0.5) is 0 Å². The van der Waals surface area contributed by atoms with E-state index < -0.39 is 11.9 Å². The molecule has 2 rings (SSSR count). The molecule has 0 aliphatic rings. The smallest absolute Gasteiger partial charge is 0.344 e. The summed E-state index contributed by atoms with van der Waals surface area (Å²) in [5.74, 6) is 1.77. The van der Waals surface area contributed by atoms with Crippen molar-refractivity contribution in [3.05, 3.63) is 48.5 Å². The Morgan fingerprint density at radius 3 is 1.25 bits per heavy atom. The molecule has 32 heavy (non-hydrogen) atoms. The summed E-state index contributed by atoms with van der Waals surface area (Å²) in [7, 11) is 3.17. The largest absolute Gasteiger partial charge is 0.497 e. The summed E-state index contributed by atoms with van der Waals surface area (Å²) in [5, 5.41) is 0. The highest BCUT2D eigenvalue weighted by molar-refractivity contribution is 5.71. The van der Waals surface area contributed by atoms with Crippen LogP contribution in [0.5, 0.6) is 23.0 Å². The standard InChI is InChI=1S/C24H30O8/c1-27-19-7-11-21(12-8-19)31-17-23(25)29-15-5-3-4-6-16-30-24(26)18-32-22-13-9-20(28-2)10-14-22/h7-14H,3-6,15-18H2,1-2H3. The molecule has 174 valence electrons. The minimum atomic E-state index is -0.411. The Morgan fingerprint density at radius 1 is 0.562 bits per heavy atom. The van der Waals surface area contributed by atoms with Crippen LogP contribution in [0, 0.1) is 0 Å². The number of rotatable bonds is 15. The van der Waals surface area contributed by atoms with E-state index in [2.05, 4.69) is 0 Å². The van der Waals surface area contributed by atoms with E-state index in [-0.39, 0.29) is 13.2 Å². The SMILES string of the molecule is COc1ccc(OCC(=O)OCCCCCCOC(=O)COc2ccc(OC)cc2)cc1. The molecule has 0 amide bonds. The van der Waals surface area contributed by atoms with Crippen molar-refractivity contribution < 1.29 is 38.0 Å². The van der Waals surface area contributed by atoms with Gasteiger partial charge in [0, 0.05) is 0 Å². The van der Waals surface area contributed by atoms with Crippen LogP contribution < -0.4 is 18.9 Å². The zero-order chi connectivity index (χ0) is 23.0. The highest BCUT2D eigenvalue weighted by Crippen LogP contribution is 2.17. The number of carbonyl (C=O) groups excluding carboxylic acids is 2. The van der Waals surface area contributed by atoms with Crippen LogP contribution in [0.2, 0.25) is 0 Å². The van der Waals surface area contributed by atoms with Gasteiger partial charge in [-0.25, -0.2) is 9.59 Å². The predicted octanol–water partition coefficient (Wildman–Crippen LogP) is 3.81. The van der Waals surface area contributed by atoms with Crippen LogP contribution in [-0.4, -0.2) is 52.6 Å². The van der Waals surface area contributed by atoms with E-state index >= 15 is 0 Å². The number of esters is 2. The third kappa shape index (κ3) is 10.1. The van der Waals surface area contributed by atoms with Crippen LogP contribution in [0.1, 0.15) is 25.7 Å². The van der Waals surface area contributed by atoms with E-state index in [0.717, 1.165) is 37.2 Å². The van der Waals surface area contributed by atoms with E-state index in [1.807, 2.05) is 0 Å². The second-order valence-corrected chi connectivity index (χ2v) is 6.78. The predicted molar refractivity (Wildman–Crippen MR) is 117 cm³/mol. The van der Waals surface area contributed by atoms with Gasteiger partial charge in [0.15, 0.2) is 13.2 Å². The van der Waals surface area contributed by atoms with E-state index in [9.17, 15) is 9.59 Å². The third-order valence-electron chi connectivity index (χ3n) is 4.40. The number of hydrogen-bond acceptors (Lipinski definition) is 8. The topological polar surface area (TPSA) is 89.5 Å². The second kappa shape index (κ2) is 14.6. The monoisotopic (exact) mass is 446 g/mol. The van der Waals surface area contributed by atoms with Crippen molar-refractivity contribution >= 4 is 11.9 Å². The zero-order valence-corrected chi connectivity index (χ0v) is 18.5. The molecule has 8 nitrogen and oxygen atoms in total. The number of methoxy groups -OCH3 is 2. The molecule has 0 fully saturated rings. The molecule has 0 atom stereocenters. The van der Waals surface area contributed by atoms with E-state index in [0.29, 0.717) is 24.7 Å². The van der Waals surface area contributed by atoms with Gasteiger partial charge in [0.25, 0.3) is 0 Å². The summed E-state index contributed by atoms with van der Waals surface area (Å²) >= 11 is 0. The molecule has 0 saturated heterocycles. The Labute approximate surface area is 188 Å². The van der Waals surface area contributed by atoms with Gasteiger partial charge in [-0.05, 0) is 74.2 Å². The molecular formula is C24H30O8. The maximum Gasteiger partial charge on any atom is 0.344 e. The number of hydrogen-bond donors (Lipinski definition) is 0. The lowest BCUT2D eigenvalue weighted by Gasteiger charge is -2.08. The lowest BCUT2D eigenvalue weighted by atomic mass is 10.2. The first-order valence-corrected chi connectivity index (χ1v) is 10.5. The van der Waals surface area contributed by atoms with Gasteiger partial charge in [0.2, 0.25) is 0 Å². The first-order chi connectivity index (χ1) is 15.6. The fourth-order valence-electron chi connectivity index (χ4n) is 2.64. The molecule has 0 aliphatic carbocycles.